The Morgan fingerprint density at radius 2 is 1.89 bits per heavy atom. The number of esters is 1. The summed E-state index contributed by atoms with van der Waals surface area (Å²) < 4.78 is 5.74. The first-order valence-corrected chi connectivity index (χ1v) is 9.90. The molecule has 0 spiro atoms. The second-order valence-corrected chi connectivity index (χ2v) is 7.97. The van der Waals surface area contributed by atoms with Crippen LogP contribution in [0.15, 0.2) is 60.7 Å². The van der Waals surface area contributed by atoms with Gasteiger partial charge in [0.2, 0.25) is 6.10 Å². The van der Waals surface area contributed by atoms with Gasteiger partial charge in [0, 0.05) is 16.3 Å². The topological polar surface area (TPSA) is 55.4 Å². The fraction of sp³-hybridized carbons (Fsp3) is 0.304. The highest BCUT2D eigenvalue weighted by atomic mass is 35.5. The van der Waals surface area contributed by atoms with E-state index in [-0.39, 0.29) is 17.8 Å². The summed E-state index contributed by atoms with van der Waals surface area (Å²) in [7, 11) is 0. The lowest BCUT2D eigenvalue weighted by atomic mass is 9.93. The van der Waals surface area contributed by atoms with Crippen LogP contribution >= 0.6 is 11.6 Å². The first kappa shape index (κ1) is 18.8. The van der Waals surface area contributed by atoms with Gasteiger partial charge >= 0.3 is 5.97 Å². The van der Waals surface area contributed by atoms with Crippen molar-refractivity contribution in [1.82, 2.24) is 0 Å². The molecule has 2 aromatic carbocycles. The summed E-state index contributed by atoms with van der Waals surface area (Å²) in [4.78, 5) is 25.8. The molecular formula is C23H22ClNO3. The minimum Gasteiger partial charge on any atom is -0.447 e. The number of hydrogen-bond donors (Lipinski definition) is 1. The summed E-state index contributed by atoms with van der Waals surface area (Å²) in [5.41, 5.74) is 2.14. The van der Waals surface area contributed by atoms with E-state index in [4.69, 9.17) is 16.3 Å². The first-order chi connectivity index (χ1) is 13.5. The van der Waals surface area contributed by atoms with Crippen molar-refractivity contribution in [1.29, 1.82) is 0 Å². The predicted molar refractivity (Wildman–Crippen MR) is 109 cm³/mol. The number of allylic oxidation sites excluding steroid dienone is 2. The highest BCUT2D eigenvalue weighted by molar-refractivity contribution is 6.31. The molecular weight excluding hydrogens is 374 g/mol. The number of amides is 1. The Morgan fingerprint density at radius 1 is 1.11 bits per heavy atom. The summed E-state index contributed by atoms with van der Waals surface area (Å²) in [5, 5.41) is 3.39. The maximum absolute atomic E-state index is 13.0. The van der Waals surface area contributed by atoms with E-state index in [0.29, 0.717) is 22.2 Å². The number of ether oxygens (including phenoxy) is 1. The molecule has 0 radical (unpaired) electrons. The largest absolute Gasteiger partial charge is 0.447 e. The van der Waals surface area contributed by atoms with Gasteiger partial charge in [-0.05, 0) is 49.3 Å². The molecule has 4 atom stereocenters. The minimum absolute atomic E-state index is 0.164. The fourth-order valence-corrected chi connectivity index (χ4v) is 4.22. The first-order valence-electron chi connectivity index (χ1n) is 9.52. The van der Waals surface area contributed by atoms with Gasteiger partial charge < -0.3 is 10.1 Å². The molecule has 1 saturated carbocycles. The second kappa shape index (κ2) is 7.80. The second-order valence-electron chi connectivity index (χ2n) is 7.57. The van der Waals surface area contributed by atoms with Gasteiger partial charge in [0.1, 0.15) is 0 Å². The zero-order valence-corrected chi connectivity index (χ0v) is 16.4. The lowest BCUT2D eigenvalue weighted by molar-refractivity contribution is -0.159. The molecule has 4 rings (SSSR count). The fourth-order valence-electron chi connectivity index (χ4n) is 4.03. The molecule has 0 saturated heterocycles. The molecule has 5 heteroatoms. The number of anilines is 1. The number of hydrogen-bond acceptors (Lipinski definition) is 3. The smallest absolute Gasteiger partial charge is 0.310 e. The predicted octanol–water partition coefficient (Wildman–Crippen LogP) is 5.08. The van der Waals surface area contributed by atoms with E-state index in [1.807, 2.05) is 31.2 Å². The van der Waals surface area contributed by atoms with Crippen LogP contribution in [-0.2, 0) is 14.3 Å². The SMILES string of the molecule is Cc1ccc(NC(=O)[C@@H](OC(=O)[C@@H]2C[C@H]3C=C[C@H]2C3)c2ccccc2)cc1Cl. The molecule has 0 aromatic heterocycles. The average Bonchev–Trinajstić information content (AvgIpc) is 3.33. The van der Waals surface area contributed by atoms with Crippen LogP contribution in [0.4, 0.5) is 5.69 Å². The average molecular weight is 396 g/mol. The number of carbonyl (C=O) groups is 2. The Hall–Kier alpha value is -2.59. The molecule has 0 aliphatic heterocycles. The number of fused-ring (bicyclic) bond motifs is 2. The number of halogens is 1. The van der Waals surface area contributed by atoms with Crippen LogP contribution in [0.5, 0.6) is 0 Å². The summed E-state index contributed by atoms with van der Waals surface area (Å²) in [6.45, 7) is 1.90. The van der Waals surface area contributed by atoms with Crippen LogP contribution < -0.4 is 5.32 Å². The summed E-state index contributed by atoms with van der Waals surface area (Å²) in [6, 6.07) is 14.4. The van der Waals surface area contributed by atoms with Crippen molar-refractivity contribution in [2.45, 2.75) is 25.9 Å². The van der Waals surface area contributed by atoms with E-state index in [1.165, 1.54) is 0 Å². The van der Waals surface area contributed by atoms with Crippen molar-refractivity contribution in [3.8, 4) is 0 Å². The van der Waals surface area contributed by atoms with Crippen molar-refractivity contribution in [2.24, 2.45) is 17.8 Å². The molecule has 28 heavy (non-hydrogen) atoms. The standard InChI is InChI=1S/C23H22ClNO3/c1-14-7-10-18(13-20(14)24)25-22(26)21(16-5-3-2-4-6-16)28-23(27)19-12-15-8-9-17(19)11-15/h2-10,13,15,17,19,21H,11-12H2,1H3,(H,25,26)/t15-,17-,19+,21-/m0/s1. The van der Waals surface area contributed by atoms with Gasteiger partial charge in [-0.3, -0.25) is 9.59 Å². The summed E-state index contributed by atoms with van der Waals surface area (Å²) in [5.74, 6) is -0.169. The zero-order valence-electron chi connectivity index (χ0n) is 15.6. The molecule has 4 nitrogen and oxygen atoms in total. The molecule has 2 aromatic rings. The summed E-state index contributed by atoms with van der Waals surface area (Å²) in [6.07, 6.45) is 5.08. The van der Waals surface area contributed by atoms with Crippen LogP contribution in [0.2, 0.25) is 5.02 Å². The van der Waals surface area contributed by atoms with Crippen molar-refractivity contribution in [2.75, 3.05) is 5.32 Å². The lowest BCUT2D eigenvalue weighted by Gasteiger charge is -2.22. The molecule has 1 amide bonds. The van der Waals surface area contributed by atoms with Crippen LogP contribution in [0.3, 0.4) is 0 Å². The van der Waals surface area contributed by atoms with Gasteiger partial charge in [-0.25, -0.2) is 0 Å². The molecule has 1 fully saturated rings. The van der Waals surface area contributed by atoms with Gasteiger partial charge in [0.05, 0.1) is 5.92 Å². The molecule has 2 aliphatic rings. The van der Waals surface area contributed by atoms with Crippen molar-refractivity contribution < 1.29 is 14.3 Å². The Morgan fingerprint density at radius 3 is 2.54 bits per heavy atom. The normalized spacial score (nSPS) is 23.4. The molecule has 144 valence electrons. The molecule has 2 aliphatic carbocycles. The third-order valence-electron chi connectivity index (χ3n) is 5.60. The molecule has 1 N–H and O–H groups in total. The number of benzene rings is 2. The molecule has 0 heterocycles. The van der Waals surface area contributed by atoms with Crippen LogP contribution in [0.1, 0.15) is 30.1 Å². The Bertz CT molecular complexity index is 925. The van der Waals surface area contributed by atoms with Crippen molar-refractivity contribution in [3.63, 3.8) is 0 Å². The monoisotopic (exact) mass is 395 g/mol. The van der Waals surface area contributed by atoms with Crippen LogP contribution in [0.25, 0.3) is 0 Å². The van der Waals surface area contributed by atoms with Crippen molar-refractivity contribution >= 4 is 29.2 Å². The third kappa shape index (κ3) is 3.83. The van der Waals surface area contributed by atoms with Gasteiger partial charge in [0.15, 0.2) is 0 Å². The number of rotatable bonds is 5. The van der Waals surface area contributed by atoms with Crippen molar-refractivity contribution in [3.05, 3.63) is 76.8 Å². The number of nitrogens with one attached hydrogen (secondary N) is 1. The quantitative estimate of drug-likeness (QED) is 0.567. The van der Waals surface area contributed by atoms with E-state index >= 15 is 0 Å². The third-order valence-corrected chi connectivity index (χ3v) is 6.00. The highest BCUT2D eigenvalue weighted by Gasteiger charge is 2.42. The van der Waals surface area contributed by atoms with Crippen LogP contribution in [0, 0.1) is 24.7 Å². The zero-order chi connectivity index (χ0) is 19.7. The maximum atomic E-state index is 13.0. The van der Waals surface area contributed by atoms with E-state index in [2.05, 4.69) is 17.5 Å². The Kier molecular flexibility index (Phi) is 5.23. The van der Waals surface area contributed by atoms with Gasteiger partial charge in [-0.15, -0.1) is 0 Å². The lowest BCUT2D eigenvalue weighted by Crippen LogP contribution is -2.30. The van der Waals surface area contributed by atoms with Gasteiger partial charge in [0.25, 0.3) is 5.91 Å². The van der Waals surface area contributed by atoms with E-state index < -0.39 is 12.0 Å². The minimum atomic E-state index is -1.00. The highest BCUT2D eigenvalue weighted by Crippen LogP contribution is 2.44. The number of carbonyl (C=O) groups excluding carboxylic acids is 2. The number of aryl methyl sites for hydroxylation is 1. The van der Waals surface area contributed by atoms with E-state index in [0.717, 1.165) is 18.4 Å². The van der Waals surface area contributed by atoms with E-state index in [9.17, 15) is 9.59 Å². The Labute approximate surface area is 169 Å². The molecule has 0 unspecified atom stereocenters. The van der Waals surface area contributed by atoms with Gasteiger partial charge in [-0.2, -0.15) is 0 Å². The van der Waals surface area contributed by atoms with E-state index in [1.54, 1.807) is 24.3 Å². The Balaban J connectivity index is 1.53. The summed E-state index contributed by atoms with van der Waals surface area (Å²) >= 11 is 6.16. The maximum Gasteiger partial charge on any atom is 0.310 e. The van der Waals surface area contributed by atoms with Gasteiger partial charge in [-0.1, -0.05) is 60.2 Å². The molecule has 2 bridgehead atoms. The van der Waals surface area contributed by atoms with Crippen LogP contribution in [-0.4, -0.2) is 11.9 Å².